The normalized spacial score (nSPS) is 14.5. The van der Waals surface area contributed by atoms with E-state index in [-0.39, 0.29) is 16.7 Å². The number of pyridine rings is 2. The van der Waals surface area contributed by atoms with Crippen LogP contribution in [0.1, 0.15) is 76.3 Å². The van der Waals surface area contributed by atoms with Crippen molar-refractivity contribution in [3.8, 4) is 33.8 Å². The van der Waals surface area contributed by atoms with Crippen LogP contribution in [0.3, 0.4) is 0 Å². The highest BCUT2D eigenvalue weighted by Gasteiger charge is 2.24. The molecule has 64 heavy (non-hydrogen) atoms. The lowest BCUT2D eigenvalue weighted by Crippen LogP contribution is -2.10. The van der Waals surface area contributed by atoms with Crippen LogP contribution < -0.4 is 0 Å². The second-order valence-electron chi connectivity index (χ2n) is 19.5. The van der Waals surface area contributed by atoms with Gasteiger partial charge < -0.3 is 9.13 Å². The molecule has 0 saturated carbocycles. The number of nitrogens with zero attached hydrogens (tertiary/aromatic N) is 4. The summed E-state index contributed by atoms with van der Waals surface area (Å²) in [6.45, 7) is 13.8. The maximum Gasteiger partial charge on any atom is 0.0708 e. The SMILES string of the molecule is CC(C)(C)c1ccc2c(c1)c1cc(C3=CC=CCC3c3ccccn3)ccc1n2-c1cccc(-n2c3ccc(-c4ccccc4-c4ccccn4)cc3c3cc(C(C)(C)C)ccc32)c1. The van der Waals surface area contributed by atoms with Gasteiger partial charge in [-0.05, 0) is 142 Å². The Bertz CT molecular complexity index is 3480. The molecule has 0 aliphatic heterocycles. The fourth-order valence-electron chi connectivity index (χ4n) is 9.92. The summed E-state index contributed by atoms with van der Waals surface area (Å²) in [7, 11) is 0. The van der Waals surface area contributed by atoms with Crippen molar-refractivity contribution < 1.29 is 0 Å². The van der Waals surface area contributed by atoms with Crippen LogP contribution in [-0.2, 0) is 10.8 Å². The van der Waals surface area contributed by atoms with Gasteiger partial charge in [-0.3, -0.25) is 9.97 Å². The summed E-state index contributed by atoms with van der Waals surface area (Å²) in [6.07, 6.45) is 11.5. The predicted molar refractivity (Wildman–Crippen MR) is 270 cm³/mol. The predicted octanol–water partition coefficient (Wildman–Crippen LogP) is 15.7. The zero-order valence-corrected chi connectivity index (χ0v) is 37.5. The van der Waals surface area contributed by atoms with Crippen molar-refractivity contribution in [3.63, 3.8) is 0 Å². The molecular formula is C60H52N4. The molecule has 0 fully saturated rings. The van der Waals surface area contributed by atoms with Crippen LogP contribution in [0, 0.1) is 0 Å². The van der Waals surface area contributed by atoms with Gasteiger partial charge in [0.15, 0.2) is 0 Å². The molecule has 1 atom stereocenters. The molecule has 1 aliphatic carbocycles. The first-order chi connectivity index (χ1) is 31.0. The summed E-state index contributed by atoms with van der Waals surface area (Å²) < 4.78 is 4.92. The van der Waals surface area contributed by atoms with Gasteiger partial charge >= 0.3 is 0 Å². The minimum absolute atomic E-state index is 0.00144. The molecule has 0 saturated heterocycles. The van der Waals surface area contributed by atoms with Crippen molar-refractivity contribution in [3.05, 3.63) is 211 Å². The minimum atomic E-state index is -0.00144. The van der Waals surface area contributed by atoms with E-state index < -0.39 is 0 Å². The van der Waals surface area contributed by atoms with E-state index in [4.69, 9.17) is 9.97 Å². The van der Waals surface area contributed by atoms with Crippen LogP contribution in [-0.4, -0.2) is 19.1 Å². The second-order valence-corrected chi connectivity index (χ2v) is 19.5. The third kappa shape index (κ3) is 6.76. The molecule has 0 spiro atoms. The molecular weight excluding hydrogens is 777 g/mol. The van der Waals surface area contributed by atoms with Crippen molar-refractivity contribution >= 4 is 49.2 Å². The van der Waals surface area contributed by atoms with Gasteiger partial charge in [0.25, 0.3) is 0 Å². The molecule has 4 heteroatoms. The van der Waals surface area contributed by atoms with Crippen LogP contribution >= 0.6 is 0 Å². The van der Waals surface area contributed by atoms with Gasteiger partial charge in [0.05, 0.1) is 27.8 Å². The number of fused-ring (bicyclic) bond motifs is 6. The summed E-state index contributed by atoms with van der Waals surface area (Å²) in [5.41, 5.74) is 17.8. The quantitative estimate of drug-likeness (QED) is 0.167. The number of benzene rings is 6. The van der Waals surface area contributed by atoms with Gasteiger partial charge in [-0.25, -0.2) is 0 Å². The Morgan fingerprint density at radius 3 is 1.58 bits per heavy atom. The van der Waals surface area contributed by atoms with Gasteiger partial charge in [0, 0.05) is 62.5 Å². The summed E-state index contributed by atoms with van der Waals surface area (Å²) in [6, 6.07) is 58.3. The molecule has 6 aromatic carbocycles. The monoisotopic (exact) mass is 828 g/mol. The minimum Gasteiger partial charge on any atom is -0.309 e. The van der Waals surface area contributed by atoms with Crippen LogP contribution in [0.15, 0.2) is 188 Å². The van der Waals surface area contributed by atoms with E-state index in [0.717, 1.165) is 34.7 Å². The van der Waals surface area contributed by atoms with E-state index >= 15 is 0 Å². The van der Waals surface area contributed by atoms with E-state index in [2.05, 4.69) is 214 Å². The van der Waals surface area contributed by atoms with Gasteiger partial charge in [-0.15, -0.1) is 0 Å². The van der Waals surface area contributed by atoms with Crippen LogP contribution in [0.5, 0.6) is 0 Å². The highest BCUT2D eigenvalue weighted by molar-refractivity contribution is 6.12. The van der Waals surface area contributed by atoms with Gasteiger partial charge in [0.2, 0.25) is 0 Å². The van der Waals surface area contributed by atoms with Crippen LogP contribution in [0.25, 0.3) is 82.9 Å². The lowest BCUT2D eigenvalue weighted by Gasteiger charge is -2.22. The van der Waals surface area contributed by atoms with E-state index in [1.165, 1.54) is 77.0 Å². The fraction of sp³-hybridized carbons (Fsp3) is 0.167. The summed E-state index contributed by atoms with van der Waals surface area (Å²) in [4.78, 5) is 9.54. The van der Waals surface area contributed by atoms with Crippen molar-refractivity contribution in [1.82, 2.24) is 19.1 Å². The average Bonchev–Trinajstić information content (AvgIpc) is 3.83. The number of allylic oxidation sites excluding steroid dienone is 4. The summed E-state index contributed by atoms with van der Waals surface area (Å²) in [5.74, 6) is 0.205. The first-order valence-electron chi connectivity index (χ1n) is 22.6. The largest absolute Gasteiger partial charge is 0.309 e. The Kier molecular flexibility index (Phi) is 9.39. The molecule has 4 aromatic heterocycles. The molecule has 312 valence electrons. The molecule has 0 N–H and O–H groups in total. The smallest absolute Gasteiger partial charge is 0.0708 e. The van der Waals surface area contributed by atoms with Crippen LogP contribution in [0.4, 0.5) is 0 Å². The molecule has 0 bridgehead atoms. The third-order valence-electron chi connectivity index (χ3n) is 13.3. The van der Waals surface area contributed by atoms with E-state index in [0.29, 0.717) is 0 Å². The zero-order valence-electron chi connectivity index (χ0n) is 37.5. The second kappa shape index (κ2) is 15.2. The van der Waals surface area contributed by atoms with Crippen molar-refractivity contribution in [2.24, 2.45) is 0 Å². The molecule has 1 unspecified atom stereocenters. The van der Waals surface area contributed by atoms with E-state index in [1.807, 2.05) is 24.5 Å². The van der Waals surface area contributed by atoms with Crippen molar-refractivity contribution in [2.45, 2.75) is 64.7 Å². The summed E-state index contributed by atoms with van der Waals surface area (Å²) >= 11 is 0. The number of hydrogen-bond acceptors (Lipinski definition) is 2. The van der Waals surface area contributed by atoms with E-state index in [9.17, 15) is 0 Å². The molecule has 1 aliphatic rings. The first-order valence-corrected chi connectivity index (χ1v) is 22.6. The third-order valence-corrected chi connectivity index (χ3v) is 13.3. The Balaban J connectivity index is 1.10. The Morgan fingerprint density at radius 1 is 0.469 bits per heavy atom. The average molecular weight is 829 g/mol. The Labute approximate surface area is 375 Å². The highest BCUT2D eigenvalue weighted by atomic mass is 15.0. The maximum atomic E-state index is 4.80. The van der Waals surface area contributed by atoms with E-state index in [1.54, 1.807) is 0 Å². The highest BCUT2D eigenvalue weighted by Crippen LogP contribution is 2.43. The lowest BCUT2D eigenvalue weighted by atomic mass is 9.83. The van der Waals surface area contributed by atoms with Crippen molar-refractivity contribution in [1.29, 1.82) is 0 Å². The van der Waals surface area contributed by atoms with Gasteiger partial charge in [-0.1, -0.05) is 127 Å². The molecule has 11 rings (SSSR count). The van der Waals surface area contributed by atoms with Gasteiger partial charge in [0.1, 0.15) is 0 Å². The van der Waals surface area contributed by atoms with Gasteiger partial charge in [-0.2, -0.15) is 0 Å². The number of rotatable bonds is 6. The molecule has 10 aromatic rings. The Morgan fingerprint density at radius 2 is 1.00 bits per heavy atom. The Hall–Kier alpha value is -7.30. The molecule has 0 amide bonds. The first kappa shape index (κ1) is 39.5. The number of hydrogen-bond donors (Lipinski definition) is 0. The summed E-state index contributed by atoms with van der Waals surface area (Å²) in [5, 5.41) is 5.00. The maximum absolute atomic E-state index is 4.80. The standard InChI is InChI=1S/C60H52N4/c1-59(2,3)41-26-30-57-51(36-41)49-34-39(45-18-7-9-20-47(45)53-22-11-13-32-61-53)24-28-55(49)63(57)43-16-15-17-44(38-43)64-56-29-25-40(46-19-8-10-21-48(46)54-23-12-14-33-62-54)35-50(56)52-37-42(60(4,5)6)27-31-58(52)64/h7-20,22-38,48H,21H2,1-6H3. The fourth-order valence-corrected chi connectivity index (χ4v) is 9.92. The van der Waals surface area contributed by atoms with Crippen molar-refractivity contribution in [2.75, 3.05) is 0 Å². The zero-order chi connectivity index (χ0) is 43.7. The lowest BCUT2D eigenvalue weighted by molar-refractivity contribution is 0.591. The molecule has 0 radical (unpaired) electrons. The van der Waals surface area contributed by atoms with Crippen LogP contribution in [0.2, 0.25) is 0 Å². The topological polar surface area (TPSA) is 35.6 Å². The number of aromatic nitrogens is 4. The molecule has 4 heterocycles. The molecule has 4 nitrogen and oxygen atoms in total.